The molecule has 0 aliphatic heterocycles. The molecule has 1 saturated carbocycles. The fraction of sp³-hybridized carbons (Fsp3) is 0.250. The first-order valence-electron chi connectivity index (χ1n) is 9.46. The van der Waals surface area contributed by atoms with E-state index in [1.54, 1.807) is 0 Å². The fourth-order valence-corrected chi connectivity index (χ4v) is 3.54. The monoisotopic (exact) mass is 358 g/mol. The van der Waals surface area contributed by atoms with Gasteiger partial charge < -0.3 is 4.42 Å². The molecule has 2 aromatic carbocycles. The Kier molecular flexibility index (Phi) is 4.53. The molecule has 3 nitrogen and oxygen atoms in total. The normalized spacial score (nSPS) is 13.6. The minimum Gasteiger partial charge on any atom is -0.427 e. The molecule has 1 aliphatic carbocycles. The Morgan fingerprint density at radius 2 is 1.70 bits per heavy atom. The third-order valence-corrected chi connectivity index (χ3v) is 5.15. The molecule has 0 amide bonds. The standard InChI is InChI=1S/C24H22O3/c1-3-19-20(16-7-5-4-6-8-16)21(23(18-13-14-18)27-24(19)26)22(25)17-11-9-15(2)10-12-17/h4-12,18H,3,13-14H2,1-2H3. The van der Waals surface area contributed by atoms with E-state index in [1.807, 2.05) is 68.4 Å². The zero-order chi connectivity index (χ0) is 19.0. The van der Waals surface area contributed by atoms with Gasteiger partial charge >= 0.3 is 5.63 Å². The summed E-state index contributed by atoms with van der Waals surface area (Å²) in [6.45, 7) is 3.92. The minimum absolute atomic E-state index is 0.0748. The van der Waals surface area contributed by atoms with Gasteiger partial charge in [-0.25, -0.2) is 4.79 Å². The molecule has 1 heterocycles. The summed E-state index contributed by atoms with van der Waals surface area (Å²) in [7, 11) is 0. The van der Waals surface area contributed by atoms with E-state index >= 15 is 0 Å². The average molecular weight is 358 g/mol. The number of benzene rings is 2. The summed E-state index contributed by atoms with van der Waals surface area (Å²) in [5.74, 6) is 0.645. The summed E-state index contributed by atoms with van der Waals surface area (Å²) in [6, 6.07) is 17.3. The van der Waals surface area contributed by atoms with Crippen LogP contribution in [0.15, 0.2) is 63.8 Å². The van der Waals surface area contributed by atoms with Crippen LogP contribution in [0.5, 0.6) is 0 Å². The molecule has 1 fully saturated rings. The van der Waals surface area contributed by atoms with Crippen molar-refractivity contribution in [2.24, 2.45) is 0 Å². The van der Waals surface area contributed by atoms with Crippen LogP contribution in [0.25, 0.3) is 11.1 Å². The number of carbonyl (C=O) groups is 1. The van der Waals surface area contributed by atoms with E-state index in [0.717, 1.165) is 29.5 Å². The summed E-state index contributed by atoms with van der Waals surface area (Å²) in [5, 5.41) is 0. The van der Waals surface area contributed by atoms with Gasteiger partial charge in [0.2, 0.25) is 0 Å². The van der Waals surface area contributed by atoms with E-state index in [2.05, 4.69) is 0 Å². The summed E-state index contributed by atoms with van der Waals surface area (Å²) in [5.41, 5.74) is 4.16. The van der Waals surface area contributed by atoms with Crippen molar-refractivity contribution in [1.82, 2.24) is 0 Å². The van der Waals surface area contributed by atoms with Crippen LogP contribution >= 0.6 is 0 Å². The van der Waals surface area contributed by atoms with Gasteiger partial charge in [-0.2, -0.15) is 0 Å². The number of hydrogen-bond acceptors (Lipinski definition) is 3. The molecule has 0 bridgehead atoms. The largest absolute Gasteiger partial charge is 0.427 e. The van der Waals surface area contributed by atoms with Crippen molar-refractivity contribution in [3.05, 3.63) is 93.0 Å². The molecule has 0 saturated heterocycles. The van der Waals surface area contributed by atoms with Gasteiger partial charge in [0, 0.05) is 22.6 Å². The maximum absolute atomic E-state index is 13.5. The highest BCUT2D eigenvalue weighted by Crippen LogP contribution is 2.44. The smallest absolute Gasteiger partial charge is 0.339 e. The van der Waals surface area contributed by atoms with Gasteiger partial charge in [-0.15, -0.1) is 0 Å². The highest BCUT2D eigenvalue weighted by atomic mass is 16.4. The molecular weight excluding hydrogens is 336 g/mol. The van der Waals surface area contributed by atoms with Crippen molar-refractivity contribution in [1.29, 1.82) is 0 Å². The first-order valence-corrected chi connectivity index (χ1v) is 9.46. The SMILES string of the molecule is CCc1c(-c2ccccc2)c(C(=O)c2ccc(C)cc2)c(C2CC2)oc1=O. The molecule has 3 heteroatoms. The van der Waals surface area contributed by atoms with Gasteiger partial charge in [0.15, 0.2) is 5.78 Å². The summed E-state index contributed by atoms with van der Waals surface area (Å²) in [6.07, 6.45) is 2.43. The van der Waals surface area contributed by atoms with Crippen LogP contribution in [0.1, 0.15) is 58.5 Å². The van der Waals surface area contributed by atoms with Crippen molar-refractivity contribution >= 4 is 5.78 Å². The van der Waals surface area contributed by atoms with Crippen molar-refractivity contribution in [2.75, 3.05) is 0 Å². The maximum Gasteiger partial charge on any atom is 0.339 e. The lowest BCUT2D eigenvalue weighted by molar-refractivity contribution is 0.103. The molecule has 3 aromatic rings. The Hall–Kier alpha value is -2.94. The first kappa shape index (κ1) is 17.5. The van der Waals surface area contributed by atoms with Crippen LogP contribution in [-0.4, -0.2) is 5.78 Å². The van der Waals surface area contributed by atoms with Crippen LogP contribution in [0.3, 0.4) is 0 Å². The number of rotatable bonds is 5. The van der Waals surface area contributed by atoms with Crippen LogP contribution in [0.2, 0.25) is 0 Å². The Morgan fingerprint density at radius 3 is 2.30 bits per heavy atom. The van der Waals surface area contributed by atoms with Gasteiger partial charge in [0.1, 0.15) is 5.76 Å². The lowest BCUT2D eigenvalue weighted by Gasteiger charge is -2.16. The van der Waals surface area contributed by atoms with Crippen LogP contribution in [0.4, 0.5) is 0 Å². The Balaban J connectivity index is 2.02. The van der Waals surface area contributed by atoms with E-state index in [1.165, 1.54) is 0 Å². The average Bonchev–Trinajstić information content (AvgIpc) is 3.53. The predicted molar refractivity (Wildman–Crippen MR) is 106 cm³/mol. The van der Waals surface area contributed by atoms with E-state index in [9.17, 15) is 9.59 Å². The van der Waals surface area contributed by atoms with E-state index in [0.29, 0.717) is 28.9 Å². The second-order valence-corrected chi connectivity index (χ2v) is 7.17. The van der Waals surface area contributed by atoms with Gasteiger partial charge in [-0.05, 0) is 31.7 Å². The van der Waals surface area contributed by atoms with E-state index < -0.39 is 0 Å². The van der Waals surface area contributed by atoms with Gasteiger partial charge in [0.05, 0.1) is 5.56 Å². The molecule has 0 spiro atoms. The number of carbonyl (C=O) groups excluding carboxylic acids is 1. The van der Waals surface area contributed by atoms with Crippen LogP contribution in [0, 0.1) is 6.92 Å². The molecule has 1 aromatic heterocycles. The van der Waals surface area contributed by atoms with E-state index in [4.69, 9.17) is 4.42 Å². The van der Waals surface area contributed by atoms with E-state index in [-0.39, 0.29) is 17.3 Å². The molecule has 4 rings (SSSR count). The Morgan fingerprint density at radius 1 is 1.04 bits per heavy atom. The van der Waals surface area contributed by atoms with Gasteiger partial charge in [-0.1, -0.05) is 67.1 Å². The number of hydrogen-bond donors (Lipinski definition) is 0. The first-order chi connectivity index (χ1) is 13.1. The summed E-state index contributed by atoms with van der Waals surface area (Å²) >= 11 is 0. The fourth-order valence-electron chi connectivity index (χ4n) is 3.54. The third kappa shape index (κ3) is 3.25. The Bertz CT molecular complexity index is 1040. The van der Waals surface area contributed by atoms with Gasteiger partial charge in [0.25, 0.3) is 0 Å². The zero-order valence-electron chi connectivity index (χ0n) is 15.6. The minimum atomic E-state index is -0.321. The van der Waals surface area contributed by atoms with Crippen molar-refractivity contribution in [3.63, 3.8) is 0 Å². The topological polar surface area (TPSA) is 47.3 Å². The lowest BCUT2D eigenvalue weighted by Crippen LogP contribution is -2.17. The maximum atomic E-state index is 13.5. The molecular formula is C24H22O3. The number of ketones is 1. The predicted octanol–water partition coefficient (Wildman–Crippen LogP) is 5.29. The molecule has 136 valence electrons. The molecule has 1 aliphatic rings. The quantitative estimate of drug-likeness (QED) is 0.583. The van der Waals surface area contributed by atoms with Crippen molar-refractivity contribution < 1.29 is 9.21 Å². The molecule has 0 atom stereocenters. The summed E-state index contributed by atoms with van der Waals surface area (Å²) < 4.78 is 5.71. The lowest BCUT2D eigenvalue weighted by atomic mass is 9.88. The van der Waals surface area contributed by atoms with Crippen molar-refractivity contribution in [2.45, 2.75) is 39.0 Å². The third-order valence-electron chi connectivity index (χ3n) is 5.15. The zero-order valence-corrected chi connectivity index (χ0v) is 15.6. The highest BCUT2D eigenvalue weighted by molar-refractivity contribution is 6.14. The van der Waals surface area contributed by atoms with Crippen LogP contribution in [-0.2, 0) is 6.42 Å². The molecule has 0 radical (unpaired) electrons. The van der Waals surface area contributed by atoms with Gasteiger partial charge in [-0.3, -0.25) is 4.79 Å². The van der Waals surface area contributed by atoms with Crippen molar-refractivity contribution in [3.8, 4) is 11.1 Å². The molecule has 27 heavy (non-hydrogen) atoms. The second kappa shape index (κ2) is 6.99. The Labute approximate surface area is 158 Å². The molecule has 0 unspecified atom stereocenters. The summed E-state index contributed by atoms with van der Waals surface area (Å²) in [4.78, 5) is 26.2. The highest BCUT2D eigenvalue weighted by Gasteiger charge is 2.35. The molecule has 0 N–H and O–H groups in total. The second-order valence-electron chi connectivity index (χ2n) is 7.17. The number of aryl methyl sites for hydroxylation is 1. The van der Waals surface area contributed by atoms with Crippen LogP contribution < -0.4 is 5.63 Å².